The molecule has 8 aromatic heterocycles. The number of amides is 8. The number of halogens is 1. The summed E-state index contributed by atoms with van der Waals surface area (Å²) in [5.74, 6) is -1.45. The van der Waals surface area contributed by atoms with Gasteiger partial charge in [-0.2, -0.15) is 0 Å². The van der Waals surface area contributed by atoms with E-state index in [1.807, 2.05) is 129 Å². The molecule has 16 aromatic rings. The molecule has 8 heterocycles. The zero-order valence-electron chi connectivity index (χ0n) is 65.5. The summed E-state index contributed by atoms with van der Waals surface area (Å²) in [7, 11) is 1.56. The minimum absolute atomic E-state index is 0.0221. The number of hydroxylamine groups is 4. The topological polar surface area (TPSA) is 479 Å². The first-order chi connectivity index (χ1) is 59.2. The molecule has 3 unspecified atom stereocenters. The van der Waals surface area contributed by atoms with Gasteiger partial charge < -0.3 is 63.6 Å². The molecule has 0 bridgehead atoms. The highest BCUT2D eigenvalue weighted by Gasteiger charge is 2.26. The zero-order valence-corrected chi connectivity index (χ0v) is 66.3. The number of aryl methyl sites for hydroxylation is 1. The van der Waals surface area contributed by atoms with E-state index < -0.39 is 23.6 Å². The normalized spacial score (nSPS) is 11.7. The summed E-state index contributed by atoms with van der Waals surface area (Å²) in [5.41, 5.74) is 17.5. The fourth-order valence-corrected chi connectivity index (χ4v) is 14.1. The van der Waals surface area contributed by atoms with E-state index in [4.69, 9.17) is 55.3 Å². The molecule has 0 radical (unpaired) electrons. The van der Waals surface area contributed by atoms with E-state index in [0.717, 1.165) is 82.3 Å². The number of carbonyl (C=O) groups is 8. The van der Waals surface area contributed by atoms with Crippen molar-refractivity contribution in [3.8, 4) is 5.75 Å². The highest BCUT2D eigenvalue weighted by Crippen LogP contribution is 2.31. The van der Waals surface area contributed by atoms with Crippen molar-refractivity contribution in [3.05, 3.63) is 326 Å². The number of ether oxygens (including phenoxy) is 1. The fourth-order valence-electron chi connectivity index (χ4n) is 14.0. The van der Waals surface area contributed by atoms with Gasteiger partial charge in [0.2, 0.25) is 5.91 Å². The van der Waals surface area contributed by atoms with Gasteiger partial charge in [0.25, 0.3) is 41.4 Å². The maximum Gasteiger partial charge on any atom is 0.296 e. The van der Waals surface area contributed by atoms with Crippen LogP contribution in [-0.4, -0.2) is 133 Å². The Hall–Kier alpha value is -15.3. The largest absolute Gasteiger partial charge is 0.496 e. The lowest BCUT2D eigenvalue weighted by Crippen LogP contribution is -2.38. The lowest BCUT2D eigenvalue weighted by molar-refractivity contribution is -0.119. The summed E-state index contributed by atoms with van der Waals surface area (Å²) in [5, 5.41) is 67.6. The average molecular weight is 1670 g/mol. The molecule has 122 heavy (non-hydrogen) atoms. The molecule has 16 rings (SSSR count). The van der Waals surface area contributed by atoms with Crippen molar-refractivity contribution in [3.63, 3.8) is 0 Å². The van der Waals surface area contributed by atoms with Gasteiger partial charge in [-0.25, -0.2) is 21.9 Å². The van der Waals surface area contributed by atoms with Crippen LogP contribution in [0, 0.1) is 6.92 Å². The van der Waals surface area contributed by atoms with Crippen molar-refractivity contribution >= 4 is 113 Å². The Kier molecular flexibility index (Phi) is 27.6. The maximum atomic E-state index is 13.1. The fraction of sp³-hybridized carbons (Fsp3) is 0.159. The van der Waals surface area contributed by atoms with Crippen molar-refractivity contribution in [2.45, 2.75) is 83.6 Å². The van der Waals surface area contributed by atoms with Crippen LogP contribution in [0.1, 0.15) is 131 Å². The number of rotatable bonds is 27. The Morgan fingerprint density at radius 1 is 0.410 bits per heavy atom. The summed E-state index contributed by atoms with van der Waals surface area (Å²) in [4.78, 5) is 105. The third-order valence-electron chi connectivity index (χ3n) is 19.9. The number of carbonyl (C=O) groups excluding carboxylic acids is 8. The number of para-hydroxylation sites is 5. The van der Waals surface area contributed by atoms with Gasteiger partial charge in [-0.3, -0.25) is 59.2 Å². The second kappa shape index (κ2) is 39.8. The SMILES string of the molecule is CC(=O)NC(Cc1cc(C(=O)NO)no1)Cc1c[nH]c2ccccc12.COc1cc(C(=O)NC(Cc2cc(C(=O)NO)no2)Cc2c[nH]c3ccccc23)ccc1C.O=C(NC(Cc1cc(C(=O)NO)no1)Cc1c[nH]c2ccccc12)c1ccc(Cl)cc1.O=C(NO)c1ccc(CNC(=O)c2cc(Cn3c4ccccc4c4ccccc43)on2)cc1. The molecule has 8 amide bonds. The Balaban J connectivity index is 0.000000141. The zero-order chi connectivity index (χ0) is 85.8. The van der Waals surface area contributed by atoms with Crippen LogP contribution in [0.3, 0.4) is 0 Å². The van der Waals surface area contributed by atoms with E-state index >= 15 is 0 Å². The molecule has 15 N–H and O–H groups in total. The third-order valence-corrected chi connectivity index (χ3v) is 20.1. The molecule has 622 valence electrons. The van der Waals surface area contributed by atoms with Gasteiger partial charge in [-0.1, -0.05) is 141 Å². The molecule has 33 nitrogen and oxygen atoms in total. The van der Waals surface area contributed by atoms with E-state index in [2.05, 4.69) is 85.7 Å². The number of nitrogens with zero attached hydrogens (tertiary/aromatic N) is 5. The molecule has 8 aromatic carbocycles. The number of H-pyrrole nitrogens is 3. The van der Waals surface area contributed by atoms with E-state index in [9.17, 15) is 38.4 Å². The van der Waals surface area contributed by atoms with E-state index in [-0.39, 0.29) is 71.1 Å². The molecule has 0 aliphatic heterocycles. The minimum Gasteiger partial charge on any atom is -0.496 e. The van der Waals surface area contributed by atoms with E-state index in [1.54, 1.807) is 79.3 Å². The van der Waals surface area contributed by atoms with Crippen LogP contribution >= 0.6 is 11.6 Å². The summed E-state index contributed by atoms with van der Waals surface area (Å²) < 4.78 is 28.6. The second-order valence-corrected chi connectivity index (χ2v) is 28.6. The van der Waals surface area contributed by atoms with Gasteiger partial charge in [0.1, 0.15) is 23.0 Å². The molecule has 0 saturated carbocycles. The van der Waals surface area contributed by atoms with Gasteiger partial charge in [0, 0.05) is 170 Å². The third kappa shape index (κ3) is 21.2. The number of benzene rings is 8. The Morgan fingerprint density at radius 3 is 1.20 bits per heavy atom. The molecule has 0 fully saturated rings. The molecule has 0 spiro atoms. The van der Waals surface area contributed by atoms with Crippen molar-refractivity contribution in [2.24, 2.45) is 0 Å². The van der Waals surface area contributed by atoms with Crippen LogP contribution < -0.4 is 47.9 Å². The first-order valence-corrected chi connectivity index (χ1v) is 38.5. The van der Waals surface area contributed by atoms with Crippen LogP contribution in [0.25, 0.3) is 54.5 Å². The van der Waals surface area contributed by atoms with Crippen LogP contribution in [0.2, 0.25) is 5.02 Å². The van der Waals surface area contributed by atoms with Crippen molar-refractivity contribution in [1.82, 2.24) is 83.3 Å². The Bertz CT molecular complexity index is 6340. The molecule has 3 atom stereocenters. The van der Waals surface area contributed by atoms with Crippen LogP contribution in [0.5, 0.6) is 5.75 Å². The summed E-state index contributed by atoms with van der Waals surface area (Å²) >= 11 is 5.91. The summed E-state index contributed by atoms with van der Waals surface area (Å²) in [6.45, 7) is 4.06. The highest BCUT2D eigenvalue weighted by molar-refractivity contribution is 6.30. The smallest absolute Gasteiger partial charge is 0.296 e. The molecular formula is C88H81ClN16O17. The standard InChI is InChI=1S/C25H20N4O4.C24H24N4O5.C22H19ClN4O4.C17H18N4O4/c30-24(27-32)17-11-9-16(10-12-17)14-26-25(31)21-13-18(33-28-21)15-29-22-7-3-1-5-19(22)20-6-2-4-8-23(20)29;1-14-7-8-15(10-22(14)32-2)23(29)26-17(11-18-12-21(28-33-18)24(30)27-31)9-16-13-25-20-6-4-3-5-19(16)20;23-15-7-5-13(6-8-15)21(28)25-16(10-17-11-20(27-31-17)22(29)26-30)9-14-12-24-19-4-2-1-3-18(14)19;1-10(22)19-12(7-13-8-16(21-25-13)17(23)20-24)6-11-9-18-15-5-3-2-4-14(11)15/h1-13,32H,14-15H2,(H,26,31)(H,27,30);3-8,10,12-13,17,25,31H,9,11H2,1-2H3,(H,26,29)(H,27,30);1-8,11-12,16,24,30H,9-10H2,(H,25,28)(H,26,29);2-5,8-9,12,18,24H,6-7H2,1H3,(H,19,22)(H,20,23). The van der Waals surface area contributed by atoms with Gasteiger partial charge in [0.15, 0.2) is 28.5 Å². The van der Waals surface area contributed by atoms with E-state index in [0.29, 0.717) is 95.6 Å². The molecule has 0 aliphatic rings. The Morgan fingerprint density at radius 2 is 0.770 bits per heavy atom. The molecule has 0 aliphatic carbocycles. The van der Waals surface area contributed by atoms with Crippen molar-refractivity contribution in [2.75, 3.05) is 7.11 Å². The van der Waals surface area contributed by atoms with Gasteiger partial charge >= 0.3 is 0 Å². The quantitative estimate of drug-likeness (QED) is 0.0168. The number of methoxy groups -OCH3 is 1. The highest BCUT2D eigenvalue weighted by atomic mass is 35.5. The first kappa shape index (κ1) is 84.6. The summed E-state index contributed by atoms with van der Waals surface area (Å²) in [6.07, 6.45) is 8.33. The Labute approximate surface area is 697 Å². The predicted octanol–water partition coefficient (Wildman–Crippen LogP) is 12.1. The number of aromatic amines is 3. The molecule has 0 saturated heterocycles. The van der Waals surface area contributed by atoms with Crippen LogP contribution in [0.4, 0.5) is 0 Å². The van der Waals surface area contributed by atoms with Gasteiger partial charge in [-0.05, 0) is 133 Å². The van der Waals surface area contributed by atoms with Gasteiger partial charge in [0.05, 0.1) is 13.7 Å². The molecular weight excluding hydrogens is 1590 g/mol. The lowest BCUT2D eigenvalue weighted by Gasteiger charge is -2.18. The molecule has 34 heteroatoms. The van der Waals surface area contributed by atoms with Gasteiger partial charge in [-0.15, -0.1) is 0 Å². The van der Waals surface area contributed by atoms with Crippen molar-refractivity contribution < 1.29 is 82.0 Å². The number of aromatic nitrogens is 8. The number of hydrogen-bond acceptors (Lipinski definition) is 21. The summed E-state index contributed by atoms with van der Waals surface area (Å²) in [6, 6.07) is 63.5. The predicted molar refractivity (Wildman–Crippen MR) is 446 cm³/mol. The average Bonchev–Trinajstić information content (AvgIpc) is 1.61. The van der Waals surface area contributed by atoms with Crippen LogP contribution in [-0.2, 0) is 56.4 Å². The maximum absolute atomic E-state index is 13.1. The van der Waals surface area contributed by atoms with Crippen molar-refractivity contribution in [1.29, 1.82) is 0 Å². The number of hydrogen-bond donors (Lipinski definition) is 15. The number of fused-ring (bicyclic) bond motifs is 6. The first-order valence-electron chi connectivity index (χ1n) is 38.1. The monoisotopic (exact) mass is 1670 g/mol. The van der Waals surface area contributed by atoms with Crippen LogP contribution in [0.15, 0.2) is 249 Å². The minimum atomic E-state index is -0.770. The second-order valence-electron chi connectivity index (χ2n) is 28.2. The van der Waals surface area contributed by atoms with E-state index in [1.165, 1.54) is 41.6 Å². The lowest BCUT2D eigenvalue weighted by atomic mass is 10.0. The number of nitrogens with one attached hydrogen (secondary N) is 11.